The molecule has 0 saturated carbocycles. The molecule has 41 heavy (non-hydrogen) atoms. The molecule has 14 heteroatoms. The number of ether oxygens (including phenoxy) is 1. The number of amides is 2. The first-order valence-electron chi connectivity index (χ1n) is 13.0. The number of likely N-dealkylation sites (N-methyl/N-ethyl adjacent to an activating group) is 1. The zero-order valence-corrected chi connectivity index (χ0v) is 22.9. The Morgan fingerprint density at radius 2 is 1.98 bits per heavy atom. The predicted molar refractivity (Wildman–Crippen MR) is 142 cm³/mol. The lowest BCUT2D eigenvalue weighted by molar-refractivity contribution is -0.137. The molecule has 0 unspecified atom stereocenters. The number of aliphatic hydroxyl groups excluding tert-OH is 1. The third-order valence-electron chi connectivity index (χ3n) is 6.87. The fourth-order valence-corrected chi connectivity index (χ4v) is 4.60. The number of anilines is 1. The largest absolute Gasteiger partial charge is 0.488 e. The predicted octanol–water partition coefficient (Wildman–Crippen LogP) is 2.68. The van der Waals surface area contributed by atoms with Gasteiger partial charge in [0, 0.05) is 31.2 Å². The maximum absolute atomic E-state index is 13.6. The van der Waals surface area contributed by atoms with Gasteiger partial charge in [0.1, 0.15) is 24.7 Å². The minimum atomic E-state index is -4.40. The summed E-state index contributed by atoms with van der Waals surface area (Å²) >= 11 is 0. The number of fused-ring (bicyclic) bond motifs is 1. The van der Waals surface area contributed by atoms with Crippen LogP contribution >= 0.6 is 0 Å². The molecule has 0 spiro atoms. The normalized spacial score (nSPS) is 18.3. The Balaban J connectivity index is 1.53. The van der Waals surface area contributed by atoms with Crippen molar-refractivity contribution in [3.05, 3.63) is 65.5 Å². The maximum Gasteiger partial charge on any atom is 0.416 e. The van der Waals surface area contributed by atoms with E-state index in [0.717, 1.165) is 12.1 Å². The van der Waals surface area contributed by atoms with Gasteiger partial charge in [0.25, 0.3) is 5.91 Å². The van der Waals surface area contributed by atoms with Crippen LogP contribution in [0.4, 0.5) is 18.9 Å². The maximum atomic E-state index is 13.6. The molecule has 3 aromatic rings. The molecular weight excluding hydrogens is 543 g/mol. The van der Waals surface area contributed by atoms with Gasteiger partial charge in [-0.15, -0.1) is 5.10 Å². The lowest BCUT2D eigenvalue weighted by Gasteiger charge is -2.38. The molecule has 11 nitrogen and oxygen atoms in total. The first-order chi connectivity index (χ1) is 19.4. The van der Waals surface area contributed by atoms with Crippen LogP contribution in [0.2, 0.25) is 0 Å². The van der Waals surface area contributed by atoms with E-state index in [1.165, 1.54) is 29.2 Å². The number of hydrogen-bond donors (Lipinski definition) is 2. The zero-order valence-electron chi connectivity index (χ0n) is 22.9. The molecular formula is C27H32F3N7O4. The highest BCUT2D eigenvalue weighted by atomic mass is 19.4. The van der Waals surface area contributed by atoms with E-state index in [1.807, 2.05) is 18.9 Å². The molecule has 1 aliphatic heterocycles. The first-order valence-corrected chi connectivity index (χ1v) is 13.0. The van der Waals surface area contributed by atoms with Gasteiger partial charge in [0.05, 0.1) is 23.8 Å². The second-order valence-corrected chi connectivity index (χ2v) is 10.3. The minimum Gasteiger partial charge on any atom is -0.488 e. The van der Waals surface area contributed by atoms with E-state index in [9.17, 15) is 27.9 Å². The second-order valence-electron chi connectivity index (χ2n) is 10.3. The Labute approximate surface area is 234 Å². The Morgan fingerprint density at radius 1 is 1.24 bits per heavy atom. The fourth-order valence-electron chi connectivity index (χ4n) is 4.60. The van der Waals surface area contributed by atoms with Crippen LogP contribution in [0.25, 0.3) is 0 Å². The number of benzene rings is 2. The Kier molecular flexibility index (Phi) is 9.23. The number of nitrogens with one attached hydrogen (secondary N) is 1. The van der Waals surface area contributed by atoms with Crippen molar-refractivity contribution in [2.45, 2.75) is 45.3 Å². The van der Waals surface area contributed by atoms with Crippen LogP contribution in [0.15, 0.2) is 48.8 Å². The van der Waals surface area contributed by atoms with Crippen molar-refractivity contribution in [1.29, 1.82) is 0 Å². The fraction of sp³-hybridized carbons (Fsp3) is 0.444. The van der Waals surface area contributed by atoms with Crippen molar-refractivity contribution >= 4 is 17.5 Å². The lowest BCUT2D eigenvalue weighted by atomic mass is 9.99. The molecule has 2 N–H and O–H groups in total. The molecule has 2 heterocycles. The van der Waals surface area contributed by atoms with Gasteiger partial charge in [-0.1, -0.05) is 19.1 Å². The number of alkyl halides is 3. The standard InChI is InChI=1S/C27H32F3N7O4/c1-17-11-37(18(2)15-38)26(40)22-10-21(32-25(39)14-36-16-31-33-34-36)8-9-23(22)41-24(17)13-35(3)12-19-4-6-20(7-5-19)27(28,29)30/h4-10,16-18,24,38H,11-15H2,1-3H3,(H,32,39)/t17-,18-,24+/m1/s1. The van der Waals surface area contributed by atoms with Crippen molar-refractivity contribution in [1.82, 2.24) is 30.0 Å². The van der Waals surface area contributed by atoms with Gasteiger partial charge in [0.15, 0.2) is 0 Å². The van der Waals surface area contributed by atoms with Crippen LogP contribution in [0.5, 0.6) is 5.75 Å². The van der Waals surface area contributed by atoms with Crippen LogP contribution in [-0.2, 0) is 24.1 Å². The molecule has 220 valence electrons. The number of halogens is 3. The summed E-state index contributed by atoms with van der Waals surface area (Å²) in [6.07, 6.45) is -3.48. The third kappa shape index (κ3) is 7.58. The summed E-state index contributed by atoms with van der Waals surface area (Å²) in [6.45, 7) is 4.44. The van der Waals surface area contributed by atoms with E-state index in [4.69, 9.17) is 4.74 Å². The second kappa shape index (κ2) is 12.6. The molecule has 1 aromatic heterocycles. The first kappa shape index (κ1) is 29.9. The molecule has 4 rings (SSSR count). The summed E-state index contributed by atoms with van der Waals surface area (Å²) < 4.78 is 46.4. The average molecular weight is 576 g/mol. The lowest BCUT2D eigenvalue weighted by Crippen LogP contribution is -2.49. The summed E-state index contributed by atoms with van der Waals surface area (Å²) in [5.41, 5.74) is 0.617. The summed E-state index contributed by atoms with van der Waals surface area (Å²) in [7, 11) is 1.84. The number of carbonyl (C=O) groups excluding carboxylic acids is 2. The summed E-state index contributed by atoms with van der Waals surface area (Å²) in [6, 6.07) is 9.33. The van der Waals surface area contributed by atoms with Gasteiger partial charge < -0.3 is 20.1 Å². The number of aromatic nitrogens is 4. The molecule has 0 saturated heterocycles. The molecule has 2 aromatic carbocycles. The number of rotatable bonds is 9. The molecule has 0 fully saturated rings. The number of hydrogen-bond acceptors (Lipinski definition) is 8. The monoisotopic (exact) mass is 575 g/mol. The van der Waals surface area contributed by atoms with Crippen LogP contribution in [0.1, 0.15) is 35.3 Å². The van der Waals surface area contributed by atoms with E-state index >= 15 is 0 Å². The molecule has 0 radical (unpaired) electrons. The summed E-state index contributed by atoms with van der Waals surface area (Å²) in [5, 5.41) is 23.2. The van der Waals surface area contributed by atoms with E-state index in [0.29, 0.717) is 36.6 Å². The van der Waals surface area contributed by atoms with Crippen LogP contribution in [0.3, 0.4) is 0 Å². The smallest absolute Gasteiger partial charge is 0.416 e. The number of carbonyl (C=O) groups is 2. The van der Waals surface area contributed by atoms with Crippen molar-refractivity contribution in [2.75, 3.05) is 32.1 Å². The SMILES string of the molecule is C[C@@H]1CN([C@H](C)CO)C(=O)c2cc(NC(=O)Cn3cnnn3)ccc2O[C@H]1CN(C)Cc1ccc(C(F)(F)F)cc1. The van der Waals surface area contributed by atoms with Crippen LogP contribution in [-0.4, -0.2) is 85.8 Å². The highest BCUT2D eigenvalue weighted by Gasteiger charge is 2.34. The molecule has 0 aliphatic carbocycles. The molecule has 2 amide bonds. The highest BCUT2D eigenvalue weighted by molar-refractivity contribution is 5.99. The van der Waals surface area contributed by atoms with Gasteiger partial charge in [-0.25, -0.2) is 4.68 Å². The zero-order chi connectivity index (χ0) is 29.7. The van der Waals surface area contributed by atoms with Crippen molar-refractivity contribution in [3.8, 4) is 5.75 Å². The van der Waals surface area contributed by atoms with Gasteiger partial charge in [-0.05, 0) is 60.3 Å². The van der Waals surface area contributed by atoms with E-state index < -0.39 is 29.8 Å². The molecule has 0 bridgehead atoms. The highest BCUT2D eigenvalue weighted by Crippen LogP contribution is 2.31. The van der Waals surface area contributed by atoms with Crippen molar-refractivity contribution < 1.29 is 32.6 Å². The number of tetrazole rings is 1. The van der Waals surface area contributed by atoms with Crippen molar-refractivity contribution in [3.63, 3.8) is 0 Å². The average Bonchev–Trinajstić information content (AvgIpc) is 3.43. The van der Waals surface area contributed by atoms with Gasteiger partial charge in [0.2, 0.25) is 5.91 Å². The van der Waals surface area contributed by atoms with E-state index in [-0.39, 0.29) is 30.5 Å². The Bertz CT molecular complexity index is 1340. The quantitative estimate of drug-likeness (QED) is 0.399. The Hall–Kier alpha value is -4.04. The molecule has 3 atom stereocenters. The van der Waals surface area contributed by atoms with E-state index in [2.05, 4.69) is 20.8 Å². The van der Waals surface area contributed by atoms with Gasteiger partial charge in [-0.2, -0.15) is 13.2 Å². The summed E-state index contributed by atoms with van der Waals surface area (Å²) in [5.74, 6) is -0.565. The van der Waals surface area contributed by atoms with E-state index in [1.54, 1.807) is 24.0 Å². The molecule has 1 aliphatic rings. The third-order valence-corrected chi connectivity index (χ3v) is 6.87. The van der Waals surface area contributed by atoms with Crippen molar-refractivity contribution in [2.24, 2.45) is 5.92 Å². The summed E-state index contributed by atoms with van der Waals surface area (Å²) in [4.78, 5) is 29.6. The van der Waals surface area contributed by atoms with Crippen LogP contribution in [0, 0.1) is 5.92 Å². The van der Waals surface area contributed by atoms with Crippen LogP contribution < -0.4 is 10.1 Å². The topological polar surface area (TPSA) is 126 Å². The number of nitrogens with zero attached hydrogens (tertiary/aromatic N) is 6. The Morgan fingerprint density at radius 3 is 2.61 bits per heavy atom. The van der Waals surface area contributed by atoms with Gasteiger partial charge in [-0.3, -0.25) is 14.5 Å². The number of aliphatic hydroxyl groups is 1. The van der Waals surface area contributed by atoms with Gasteiger partial charge >= 0.3 is 6.18 Å². The minimum absolute atomic E-state index is 0.118.